The fourth-order valence-electron chi connectivity index (χ4n) is 3.16. The number of alkyl halides is 3. The zero-order valence-electron chi connectivity index (χ0n) is 13.4. The first-order valence-corrected chi connectivity index (χ1v) is 7.27. The molecule has 6 nitrogen and oxygen atoms in total. The van der Waals surface area contributed by atoms with Gasteiger partial charge in [0, 0.05) is 5.92 Å². The predicted octanol–water partition coefficient (Wildman–Crippen LogP) is 3.19. The minimum absolute atomic E-state index is 0.100. The highest BCUT2D eigenvalue weighted by atomic mass is 19.4. The first-order valence-electron chi connectivity index (χ1n) is 7.27. The molecule has 1 aromatic rings. The summed E-state index contributed by atoms with van der Waals surface area (Å²) in [7, 11) is 0. The minimum Gasteiger partial charge on any atom is -0.480 e. The van der Waals surface area contributed by atoms with Gasteiger partial charge in [0.05, 0.1) is 22.1 Å². The molecule has 1 radical (unpaired) electrons. The summed E-state index contributed by atoms with van der Waals surface area (Å²) in [4.78, 5) is 22.3. The molecule has 0 spiro atoms. The van der Waals surface area contributed by atoms with E-state index in [1.54, 1.807) is 0 Å². The quantitative estimate of drug-likeness (QED) is 0.640. The van der Waals surface area contributed by atoms with Crippen molar-refractivity contribution >= 4 is 5.97 Å². The van der Waals surface area contributed by atoms with E-state index in [0.29, 0.717) is 0 Å². The normalized spacial score (nSPS) is 27.0. The van der Waals surface area contributed by atoms with E-state index in [2.05, 4.69) is 12.2 Å². The third-order valence-electron chi connectivity index (χ3n) is 4.51. The number of nitro groups is 1. The van der Waals surface area contributed by atoms with Crippen molar-refractivity contribution in [2.75, 3.05) is 0 Å². The smallest absolute Gasteiger partial charge is 0.416 e. The van der Waals surface area contributed by atoms with Gasteiger partial charge in [-0.25, -0.2) is 4.79 Å². The maximum absolute atomic E-state index is 13.4. The Kier molecular flexibility index (Phi) is 4.54. The lowest BCUT2D eigenvalue weighted by atomic mass is 9.69. The Morgan fingerprint density at radius 1 is 1.40 bits per heavy atom. The van der Waals surface area contributed by atoms with Gasteiger partial charge < -0.3 is 10.4 Å². The number of hydrogen-bond acceptors (Lipinski definition) is 4. The number of aliphatic carboxylic acids is 1. The van der Waals surface area contributed by atoms with E-state index in [9.17, 15) is 33.2 Å². The van der Waals surface area contributed by atoms with Crippen LogP contribution in [0.3, 0.4) is 0 Å². The molecule has 1 aliphatic heterocycles. The molecule has 0 saturated heterocycles. The molecular formula is C16H16F3N2O4. The van der Waals surface area contributed by atoms with Gasteiger partial charge in [0.1, 0.15) is 5.54 Å². The van der Waals surface area contributed by atoms with Crippen molar-refractivity contribution in [2.45, 2.75) is 31.5 Å². The molecule has 0 amide bonds. The maximum Gasteiger partial charge on any atom is 0.416 e. The van der Waals surface area contributed by atoms with Crippen LogP contribution in [0.15, 0.2) is 35.7 Å². The van der Waals surface area contributed by atoms with Gasteiger partial charge in [0.25, 0.3) is 5.70 Å². The lowest BCUT2D eigenvalue weighted by molar-refractivity contribution is -0.434. The summed E-state index contributed by atoms with van der Waals surface area (Å²) in [6.45, 7) is 6.19. The Balaban J connectivity index is 2.78. The van der Waals surface area contributed by atoms with E-state index in [4.69, 9.17) is 0 Å². The van der Waals surface area contributed by atoms with E-state index in [-0.39, 0.29) is 11.3 Å². The fourth-order valence-corrected chi connectivity index (χ4v) is 3.16. The van der Waals surface area contributed by atoms with Crippen molar-refractivity contribution in [3.05, 3.63) is 63.8 Å². The van der Waals surface area contributed by atoms with Gasteiger partial charge in [-0.05, 0) is 32.4 Å². The number of halogens is 3. The Morgan fingerprint density at radius 2 is 1.96 bits per heavy atom. The third kappa shape index (κ3) is 3.06. The molecule has 1 aliphatic rings. The van der Waals surface area contributed by atoms with Gasteiger partial charge in [-0.2, -0.15) is 13.2 Å². The Labute approximate surface area is 141 Å². The minimum atomic E-state index is -4.74. The fraction of sp³-hybridized carbons (Fsp3) is 0.375. The van der Waals surface area contributed by atoms with Gasteiger partial charge in [-0.15, -0.1) is 0 Å². The van der Waals surface area contributed by atoms with Crippen molar-refractivity contribution in [3.63, 3.8) is 0 Å². The second-order valence-electron chi connectivity index (χ2n) is 6.07. The van der Waals surface area contributed by atoms with Crippen molar-refractivity contribution in [2.24, 2.45) is 5.92 Å². The van der Waals surface area contributed by atoms with Crippen LogP contribution in [0.4, 0.5) is 13.2 Å². The van der Waals surface area contributed by atoms with Crippen molar-refractivity contribution in [1.82, 2.24) is 5.32 Å². The lowest BCUT2D eigenvalue weighted by Gasteiger charge is -2.41. The first kappa shape index (κ1) is 18.8. The predicted molar refractivity (Wildman–Crippen MR) is 81.9 cm³/mol. The molecule has 1 aromatic carbocycles. The third-order valence-corrected chi connectivity index (χ3v) is 4.51. The highest BCUT2D eigenvalue weighted by Gasteiger charge is 2.53. The van der Waals surface area contributed by atoms with Gasteiger partial charge in [0.2, 0.25) is 0 Å². The van der Waals surface area contributed by atoms with E-state index in [1.165, 1.54) is 26.0 Å². The van der Waals surface area contributed by atoms with Crippen LogP contribution in [0.1, 0.15) is 30.9 Å². The summed E-state index contributed by atoms with van der Waals surface area (Å²) >= 11 is 0. The number of carbonyl (C=O) groups is 1. The molecule has 0 aromatic heterocycles. The van der Waals surface area contributed by atoms with Crippen LogP contribution in [-0.4, -0.2) is 21.5 Å². The number of benzene rings is 1. The monoisotopic (exact) mass is 357 g/mol. The second kappa shape index (κ2) is 6.05. The zero-order valence-corrected chi connectivity index (χ0v) is 13.4. The molecule has 1 heterocycles. The molecule has 0 bridgehead atoms. The van der Waals surface area contributed by atoms with Crippen LogP contribution < -0.4 is 5.32 Å². The number of carboxylic acid groups (broad SMARTS) is 1. The topological polar surface area (TPSA) is 92.5 Å². The summed E-state index contributed by atoms with van der Waals surface area (Å²) in [6.07, 6.45) is -4.74. The largest absolute Gasteiger partial charge is 0.480 e. The van der Waals surface area contributed by atoms with Crippen LogP contribution in [0.5, 0.6) is 0 Å². The van der Waals surface area contributed by atoms with Crippen LogP contribution in [0.2, 0.25) is 0 Å². The van der Waals surface area contributed by atoms with Crippen molar-refractivity contribution in [3.8, 4) is 0 Å². The molecular weight excluding hydrogens is 341 g/mol. The molecule has 0 saturated carbocycles. The number of rotatable bonds is 3. The highest BCUT2D eigenvalue weighted by molar-refractivity contribution is 5.80. The Morgan fingerprint density at radius 3 is 2.44 bits per heavy atom. The van der Waals surface area contributed by atoms with Crippen LogP contribution in [0.25, 0.3) is 0 Å². The summed E-state index contributed by atoms with van der Waals surface area (Å²) in [5.41, 5.74) is -3.79. The van der Waals surface area contributed by atoms with Gasteiger partial charge in [0.15, 0.2) is 0 Å². The number of nitrogens with one attached hydrogen (secondary N) is 1. The number of carboxylic acids is 1. The SMILES string of the molecule is [CH2]C1[C@H](c2ccccc2C(F)(F)F)C([N+](=O)[O-])=C(C)NC1(C)C(=O)O. The van der Waals surface area contributed by atoms with E-state index in [1.807, 2.05) is 0 Å². The lowest BCUT2D eigenvalue weighted by Crippen LogP contribution is -2.59. The average Bonchev–Trinajstić information content (AvgIpc) is 2.49. The maximum atomic E-state index is 13.4. The standard InChI is InChI=1S/C16H16F3N2O4/c1-8-12(10-6-4-5-7-11(10)16(17,18)19)13(21(24)25)9(2)20-15(8,3)14(22)23/h4-8,12,20H,1H2,2-3H3,(H,22,23)/t8?,12-,15?/m1/s1. The average molecular weight is 357 g/mol. The molecule has 135 valence electrons. The van der Waals surface area contributed by atoms with E-state index >= 15 is 0 Å². The molecule has 2 rings (SSSR count). The molecule has 3 atom stereocenters. The Hall–Kier alpha value is -2.58. The molecule has 25 heavy (non-hydrogen) atoms. The highest BCUT2D eigenvalue weighted by Crippen LogP contribution is 2.46. The first-order chi connectivity index (χ1) is 11.4. The number of hydrogen-bond donors (Lipinski definition) is 2. The van der Waals surface area contributed by atoms with Gasteiger partial charge >= 0.3 is 12.1 Å². The second-order valence-corrected chi connectivity index (χ2v) is 6.07. The Bertz CT molecular complexity index is 760. The molecule has 2 unspecified atom stereocenters. The van der Waals surface area contributed by atoms with E-state index in [0.717, 1.165) is 12.1 Å². The van der Waals surface area contributed by atoms with Gasteiger partial charge in [-0.1, -0.05) is 18.2 Å². The van der Waals surface area contributed by atoms with Crippen LogP contribution in [-0.2, 0) is 11.0 Å². The van der Waals surface area contributed by atoms with Gasteiger partial charge in [-0.3, -0.25) is 10.1 Å². The molecule has 9 heteroatoms. The summed E-state index contributed by atoms with van der Waals surface area (Å²) < 4.78 is 40.1. The zero-order chi connectivity index (χ0) is 19.2. The number of allylic oxidation sites excluding steroid dienone is 2. The van der Waals surface area contributed by atoms with Crippen molar-refractivity contribution in [1.29, 1.82) is 0 Å². The van der Waals surface area contributed by atoms with Crippen LogP contribution >= 0.6 is 0 Å². The summed E-state index contributed by atoms with van der Waals surface area (Å²) in [6, 6.07) is 4.43. The van der Waals surface area contributed by atoms with E-state index < -0.39 is 45.7 Å². The summed E-state index contributed by atoms with van der Waals surface area (Å²) in [5, 5.41) is 23.5. The molecule has 0 aliphatic carbocycles. The molecule has 2 N–H and O–H groups in total. The summed E-state index contributed by atoms with van der Waals surface area (Å²) in [5.74, 6) is -4.04. The molecule has 0 fully saturated rings. The van der Waals surface area contributed by atoms with Crippen LogP contribution in [0, 0.1) is 23.0 Å². The number of nitrogens with zero attached hydrogens (tertiary/aromatic N) is 1. The van der Waals surface area contributed by atoms with Crippen molar-refractivity contribution < 1.29 is 28.0 Å².